The van der Waals surface area contributed by atoms with Crippen LogP contribution < -0.4 is 5.32 Å². The van der Waals surface area contributed by atoms with Crippen LogP contribution in [0, 0.1) is 17.0 Å². The van der Waals surface area contributed by atoms with Crippen molar-refractivity contribution in [3.05, 3.63) is 39.4 Å². The Morgan fingerprint density at radius 1 is 1.50 bits per heavy atom. The molecule has 4 nitrogen and oxygen atoms in total. The zero-order chi connectivity index (χ0) is 10.6. The minimum Gasteiger partial charge on any atom is -0.313 e. The van der Waals surface area contributed by atoms with E-state index in [0.29, 0.717) is 12.1 Å². The summed E-state index contributed by atoms with van der Waals surface area (Å²) in [4.78, 5) is 10.3. The Bertz CT molecular complexity index is 337. The molecule has 0 bridgehead atoms. The average molecular weight is 194 g/mol. The number of hydrogen-bond donors (Lipinski definition) is 1. The number of rotatable bonds is 4. The number of benzene rings is 1. The molecule has 1 aromatic rings. The Balaban J connectivity index is 2.89. The van der Waals surface area contributed by atoms with Crippen molar-refractivity contribution in [2.24, 2.45) is 0 Å². The Morgan fingerprint density at radius 3 is 2.79 bits per heavy atom. The van der Waals surface area contributed by atoms with Crippen LogP contribution in [-0.4, -0.2) is 11.5 Å². The second-order valence-electron chi connectivity index (χ2n) is 3.16. The first-order chi connectivity index (χ1) is 6.65. The van der Waals surface area contributed by atoms with Crippen LogP contribution in [0.3, 0.4) is 0 Å². The largest absolute Gasteiger partial charge is 0.313 e. The van der Waals surface area contributed by atoms with Gasteiger partial charge in [0.05, 0.1) is 4.92 Å². The van der Waals surface area contributed by atoms with Crippen LogP contribution in [0.25, 0.3) is 0 Å². The van der Waals surface area contributed by atoms with E-state index in [1.807, 2.05) is 13.0 Å². The Kier molecular flexibility index (Phi) is 3.59. The summed E-state index contributed by atoms with van der Waals surface area (Å²) in [5.41, 5.74) is 1.85. The van der Waals surface area contributed by atoms with Gasteiger partial charge in [0.15, 0.2) is 0 Å². The van der Waals surface area contributed by atoms with Crippen molar-refractivity contribution < 1.29 is 4.92 Å². The number of nitro groups is 1. The van der Waals surface area contributed by atoms with Crippen LogP contribution in [0.2, 0.25) is 0 Å². The van der Waals surface area contributed by atoms with Gasteiger partial charge in [-0.15, -0.1) is 0 Å². The maximum absolute atomic E-state index is 10.6. The lowest BCUT2D eigenvalue weighted by atomic mass is 10.1. The fourth-order valence-corrected chi connectivity index (χ4v) is 1.23. The SMILES string of the molecule is CCNCc1ccc(C)c([N+](=O)[O-])c1. The van der Waals surface area contributed by atoms with Crippen LogP contribution in [0.5, 0.6) is 0 Å². The molecule has 0 aliphatic rings. The van der Waals surface area contributed by atoms with Gasteiger partial charge in [0.25, 0.3) is 5.69 Å². The van der Waals surface area contributed by atoms with Crippen molar-refractivity contribution in [2.75, 3.05) is 6.54 Å². The molecule has 0 atom stereocenters. The average Bonchev–Trinajstić information content (AvgIpc) is 2.16. The highest BCUT2D eigenvalue weighted by Crippen LogP contribution is 2.18. The summed E-state index contributed by atoms with van der Waals surface area (Å²) in [6.45, 7) is 5.29. The molecule has 1 aromatic carbocycles. The molecule has 0 saturated carbocycles. The number of nitro benzene ring substituents is 1. The Morgan fingerprint density at radius 2 is 2.21 bits per heavy atom. The highest BCUT2D eigenvalue weighted by atomic mass is 16.6. The van der Waals surface area contributed by atoms with E-state index < -0.39 is 0 Å². The molecule has 76 valence electrons. The summed E-state index contributed by atoms with van der Waals surface area (Å²) in [5.74, 6) is 0. The van der Waals surface area contributed by atoms with Crippen LogP contribution in [-0.2, 0) is 6.54 Å². The topological polar surface area (TPSA) is 55.2 Å². The van der Waals surface area contributed by atoms with Gasteiger partial charge < -0.3 is 5.32 Å². The molecule has 4 heteroatoms. The number of nitrogens with one attached hydrogen (secondary N) is 1. The molecular weight excluding hydrogens is 180 g/mol. The summed E-state index contributed by atoms with van der Waals surface area (Å²) >= 11 is 0. The second kappa shape index (κ2) is 4.72. The fourth-order valence-electron chi connectivity index (χ4n) is 1.23. The van der Waals surface area contributed by atoms with E-state index in [1.165, 1.54) is 0 Å². The minimum atomic E-state index is -0.342. The maximum Gasteiger partial charge on any atom is 0.272 e. The zero-order valence-electron chi connectivity index (χ0n) is 8.41. The lowest BCUT2D eigenvalue weighted by molar-refractivity contribution is -0.385. The number of hydrogen-bond acceptors (Lipinski definition) is 3. The third-order valence-corrected chi connectivity index (χ3v) is 2.05. The molecule has 0 aliphatic heterocycles. The van der Waals surface area contributed by atoms with E-state index in [1.54, 1.807) is 19.1 Å². The first-order valence-electron chi connectivity index (χ1n) is 4.59. The van der Waals surface area contributed by atoms with E-state index in [4.69, 9.17) is 0 Å². The molecule has 0 aromatic heterocycles. The van der Waals surface area contributed by atoms with Gasteiger partial charge in [-0.1, -0.05) is 19.1 Å². The van der Waals surface area contributed by atoms with Gasteiger partial charge in [0.2, 0.25) is 0 Å². The predicted molar refractivity (Wildman–Crippen MR) is 55.2 cm³/mol. The third-order valence-electron chi connectivity index (χ3n) is 2.05. The summed E-state index contributed by atoms with van der Waals surface area (Å²) in [6, 6.07) is 5.31. The number of aryl methyl sites for hydroxylation is 1. The van der Waals surface area contributed by atoms with Gasteiger partial charge >= 0.3 is 0 Å². The summed E-state index contributed by atoms with van der Waals surface area (Å²) in [5, 5.41) is 13.8. The lowest BCUT2D eigenvalue weighted by Gasteiger charge is -2.03. The van der Waals surface area contributed by atoms with Crippen molar-refractivity contribution in [3.63, 3.8) is 0 Å². The van der Waals surface area contributed by atoms with E-state index in [-0.39, 0.29) is 10.6 Å². The fraction of sp³-hybridized carbons (Fsp3) is 0.400. The smallest absolute Gasteiger partial charge is 0.272 e. The van der Waals surface area contributed by atoms with Gasteiger partial charge in [0.1, 0.15) is 0 Å². The first kappa shape index (κ1) is 10.7. The monoisotopic (exact) mass is 194 g/mol. The molecule has 1 rings (SSSR count). The summed E-state index contributed by atoms with van der Waals surface area (Å²) < 4.78 is 0. The van der Waals surface area contributed by atoms with E-state index in [9.17, 15) is 10.1 Å². The molecule has 14 heavy (non-hydrogen) atoms. The summed E-state index contributed by atoms with van der Waals surface area (Å²) in [7, 11) is 0. The van der Waals surface area contributed by atoms with Crippen molar-refractivity contribution in [3.8, 4) is 0 Å². The molecule has 0 amide bonds. The van der Waals surface area contributed by atoms with Crippen LogP contribution in [0.4, 0.5) is 5.69 Å². The molecule has 1 N–H and O–H groups in total. The van der Waals surface area contributed by atoms with Gasteiger partial charge in [-0.25, -0.2) is 0 Å². The van der Waals surface area contributed by atoms with Gasteiger partial charge in [0, 0.05) is 18.2 Å². The van der Waals surface area contributed by atoms with Crippen molar-refractivity contribution in [1.29, 1.82) is 0 Å². The molecular formula is C10H14N2O2. The molecule has 0 radical (unpaired) electrons. The standard InChI is InChI=1S/C10H14N2O2/c1-3-11-7-9-5-4-8(2)10(6-9)12(13)14/h4-6,11H,3,7H2,1-2H3. The zero-order valence-corrected chi connectivity index (χ0v) is 8.41. The van der Waals surface area contributed by atoms with Gasteiger partial charge in [-0.05, 0) is 19.0 Å². The molecule has 0 fully saturated rings. The molecule has 0 heterocycles. The van der Waals surface area contributed by atoms with Crippen LogP contribution in [0.1, 0.15) is 18.1 Å². The molecule has 0 saturated heterocycles. The quantitative estimate of drug-likeness (QED) is 0.589. The Hall–Kier alpha value is -1.42. The highest BCUT2D eigenvalue weighted by Gasteiger charge is 2.10. The molecule has 0 aliphatic carbocycles. The van der Waals surface area contributed by atoms with E-state index >= 15 is 0 Å². The van der Waals surface area contributed by atoms with Crippen LogP contribution >= 0.6 is 0 Å². The first-order valence-corrected chi connectivity index (χ1v) is 4.59. The van der Waals surface area contributed by atoms with Crippen molar-refractivity contribution >= 4 is 5.69 Å². The van der Waals surface area contributed by atoms with Gasteiger partial charge in [-0.2, -0.15) is 0 Å². The van der Waals surface area contributed by atoms with Crippen LogP contribution in [0.15, 0.2) is 18.2 Å². The van der Waals surface area contributed by atoms with Crippen molar-refractivity contribution in [1.82, 2.24) is 5.32 Å². The predicted octanol–water partition coefficient (Wildman–Crippen LogP) is 2.01. The van der Waals surface area contributed by atoms with Gasteiger partial charge in [-0.3, -0.25) is 10.1 Å². The third kappa shape index (κ3) is 2.53. The minimum absolute atomic E-state index is 0.195. The maximum atomic E-state index is 10.6. The van der Waals surface area contributed by atoms with E-state index in [0.717, 1.165) is 12.1 Å². The second-order valence-corrected chi connectivity index (χ2v) is 3.16. The van der Waals surface area contributed by atoms with Crippen molar-refractivity contribution in [2.45, 2.75) is 20.4 Å². The molecule has 0 spiro atoms. The number of nitrogens with zero attached hydrogens (tertiary/aromatic N) is 1. The molecule has 0 unspecified atom stereocenters. The lowest BCUT2D eigenvalue weighted by Crippen LogP contribution is -2.11. The summed E-state index contributed by atoms with van der Waals surface area (Å²) in [6.07, 6.45) is 0. The van der Waals surface area contributed by atoms with E-state index in [2.05, 4.69) is 5.32 Å². The Labute approximate surface area is 83.1 Å². The normalized spacial score (nSPS) is 10.1. The highest BCUT2D eigenvalue weighted by molar-refractivity contribution is 5.42.